The second-order valence-corrected chi connectivity index (χ2v) is 6.68. The molecule has 106 valence electrons. The summed E-state index contributed by atoms with van der Waals surface area (Å²) in [7, 11) is 0. The van der Waals surface area contributed by atoms with E-state index in [1.807, 2.05) is 0 Å². The molecule has 19 heavy (non-hydrogen) atoms. The zero-order valence-corrected chi connectivity index (χ0v) is 12.7. The highest BCUT2D eigenvalue weighted by Crippen LogP contribution is 2.34. The maximum atomic E-state index is 6.08. The molecule has 1 heterocycles. The van der Waals surface area contributed by atoms with E-state index in [-0.39, 0.29) is 11.6 Å². The molecule has 0 bridgehead atoms. The Hall–Kier alpha value is -0.860. The topological polar surface area (TPSA) is 21.3 Å². The predicted molar refractivity (Wildman–Crippen MR) is 80.4 cm³/mol. The molecular formula is C17H27NO. The third kappa shape index (κ3) is 4.05. The summed E-state index contributed by atoms with van der Waals surface area (Å²) in [5, 5.41) is 3.63. The van der Waals surface area contributed by atoms with Crippen molar-refractivity contribution >= 4 is 0 Å². The summed E-state index contributed by atoms with van der Waals surface area (Å²) in [6.45, 7) is 10.8. The van der Waals surface area contributed by atoms with Gasteiger partial charge in [0.2, 0.25) is 0 Å². The standard InChI is InChI=1S/C17H27NO/c1-13-8-5-6-10-15(13)16-14(9-7-11-19-16)12-18-17(2,3)4/h5-6,8,10,14,16,18H,7,9,11-12H2,1-4H3. The van der Waals surface area contributed by atoms with Gasteiger partial charge in [0, 0.05) is 24.6 Å². The van der Waals surface area contributed by atoms with Crippen molar-refractivity contribution in [1.82, 2.24) is 5.32 Å². The molecule has 1 aromatic rings. The number of nitrogens with one attached hydrogen (secondary N) is 1. The van der Waals surface area contributed by atoms with Gasteiger partial charge in [-0.15, -0.1) is 0 Å². The predicted octanol–water partition coefficient (Wildman–Crippen LogP) is 3.85. The average molecular weight is 261 g/mol. The third-order valence-electron chi connectivity index (χ3n) is 3.83. The first-order chi connectivity index (χ1) is 8.97. The van der Waals surface area contributed by atoms with Gasteiger partial charge in [0.05, 0.1) is 6.10 Å². The Labute approximate surface area is 117 Å². The summed E-state index contributed by atoms with van der Waals surface area (Å²) in [6.07, 6.45) is 2.69. The molecule has 1 aliphatic rings. The van der Waals surface area contributed by atoms with Crippen molar-refractivity contribution in [3.05, 3.63) is 35.4 Å². The quantitative estimate of drug-likeness (QED) is 0.892. The Balaban J connectivity index is 2.10. The Morgan fingerprint density at radius 3 is 2.68 bits per heavy atom. The Bertz CT molecular complexity index is 408. The van der Waals surface area contributed by atoms with Gasteiger partial charge in [-0.05, 0) is 51.7 Å². The van der Waals surface area contributed by atoms with Gasteiger partial charge in [0.1, 0.15) is 0 Å². The minimum Gasteiger partial charge on any atom is -0.373 e. The highest BCUT2D eigenvalue weighted by atomic mass is 16.5. The van der Waals surface area contributed by atoms with Gasteiger partial charge in [-0.1, -0.05) is 24.3 Å². The molecule has 2 rings (SSSR count). The fourth-order valence-corrected chi connectivity index (χ4v) is 2.74. The molecule has 2 atom stereocenters. The van der Waals surface area contributed by atoms with Gasteiger partial charge in [-0.25, -0.2) is 0 Å². The lowest BCUT2D eigenvalue weighted by molar-refractivity contribution is -0.0296. The van der Waals surface area contributed by atoms with Crippen LogP contribution in [0.25, 0.3) is 0 Å². The van der Waals surface area contributed by atoms with E-state index in [1.165, 1.54) is 24.0 Å². The maximum absolute atomic E-state index is 6.08. The molecule has 1 saturated heterocycles. The van der Waals surface area contributed by atoms with Crippen LogP contribution in [0.2, 0.25) is 0 Å². The van der Waals surface area contributed by atoms with Crippen LogP contribution in [0.1, 0.15) is 50.8 Å². The molecule has 2 nitrogen and oxygen atoms in total. The summed E-state index contributed by atoms with van der Waals surface area (Å²) < 4.78 is 6.08. The molecule has 0 amide bonds. The van der Waals surface area contributed by atoms with Gasteiger partial charge >= 0.3 is 0 Å². The summed E-state index contributed by atoms with van der Waals surface area (Å²) >= 11 is 0. The average Bonchev–Trinajstić information content (AvgIpc) is 2.37. The summed E-state index contributed by atoms with van der Waals surface area (Å²) in [6, 6.07) is 8.62. The first-order valence-corrected chi connectivity index (χ1v) is 7.39. The van der Waals surface area contributed by atoms with Gasteiger partial charge < -0.3 is 10.1 Å². The molecule has 0 saturated carbocycles. The van der Waals surface area contributed by atoms with Crippen LogP contribution in [-0.2, 0) is 4.74 Å². The molecule has 2 heteroatoms. The van der Waals surface area contributed by atoms with Crippen molar-refractivity contribution in [2.45, 2.75) is 52.2 Å². The van der Waals surface area contributed by atoms with Crippen LogP contribution >= 0.6 is 0 Å². The second kappa shape index (κ2) is 6.06. The number of hydrogen-bond donors (Lipinski definition) is 1. The summed E-state index contributed by atoms with van der Waals surface area (Å²) in [5.74, 6) is 0.578. The van der Waals surface area contributed by atoms with E-state index in [1.54, 1.807) is 0 Å². The van der Waals surface area contributed by atoms with Crippen LogP contribution < -0.4 is 5.32 Å². The highest BCUT2D eigenvalue weighted by molar-refractivity contribution is 5.28. The largest absolute Gasteiger partial charge is 0.373 e. The SMILES string of the molecule is Cc1ccccc1C1OCCCC1CNC(C)(C)C. The number of ether oxygens (including phenoxy) is 1. The lowest BCUT2D eigenvalue weighted by atomic mass is 9.87. The maximum Gasteiger partial charge on any atom is 0.0867 e. The minimum absolute atomic E-state index is 0.174. The van der Waals surface area contributed by atoms with Crippen molar-refractivity contribution in [2.24, 2.45) is 5.92 Å². The molecular weight excluding hydrogens is 234 g/mol. The number of aryl methyl sites for hydroxylation is 1. The molecule has 1 aromatic carbocycles. The van der Waals surface area contributed by atoms with E-state index in [4.69, 9.17) is 4.74 Å². The van der Waals surface area contributed by atoms with Crippen LogP contribution in [0.3, 0.4) is 0 Å². The second-order valence-electron chi connectivity index (χ2n) is 6.68. The minimum atomic E-state index is 0.174. The molecule has 1 aliphatic heterocycles. The smallest absolute Gasteiger partial charge is 0.0867 e. The van der Waals surface area contributed by atoms with Crippen molar-refractivity contribution in [2.75, 3.05) is 13.2 Å². The lowest BCUT2D eigenvalue weighted by Gasteiger charge is -2.35. The van der Waals surface area contributed by atoms with E-state index >= 15 is 0 Å². The van der Waals surface area contributed by atoms with Crippen LogP contribution in [0, 0.1) is 12.8 Å². The third-order valence-corrected chi connectivity index (χ3v) is 3.83. The van der Waals surface area contributed by atoms with Crippen molar-refractivity contribution < 1.29 is 4.74 Å². The monoisotopic (exact) mass is 261 g/mol. The van der Waals surface area contributed by atoms with Gasteiger partial charge in [-0.3, -0.25) is 0 Å². The van der Waals surface area contributed by atoms with Gasteiger partial charge in [0.25, 0.3) is 0 Å². The van der Waals surface area contributed by atoms with E-state index < -0.39 is 0 Å². The summed E-state index contributed by atoms with van der Waals surface area (Å²) in [5.41, 5.74) is 2.88. The lowest BCUT2D eigenvalue weighted by Crippen LogP contribution is -2.41. The Kier molecular flexibility index (Phi) is 4.64. The van der Waals surface area contributed by atoms with Gasteiger partial charge in [-0.2, -0.15) is 0 Å². The molecule has 2 unspecified atom stereocenters. The highest BCUT2D eigenvalue weighted by Gasteiger charge is 2.29. The number of hydrogen-bond acceptors (Lipinski definition) is 2. The van der Waals surface area contributed by atoms with E-state index in [9.17, 15) is 0 Å². The molecule has 0 spiro atoms. The van der Waals surface area contributed by atoms with E-state index in [0.29, 0.717) is 5.92 Å². The first kappa shape index (κ1) is 14.5. The van der Waals surface area contributed by atoms with Crippen LogP contribution in [-0.4, -0.2) is 18.7 Å². The molecule has 0 aromatic heterocycles. The van der Waals surface area contributed by atoms with E-state index in [2.05, 4.69) is 57.3 Å². The zero-order valence-electron chi connectivity index (χ0n) is 12.7. The van der Waals surface area contributed by atoms with Crippen LogP contribution in [0.5, 0.6) is 0 Å². The molecule has 1 fully saturated rings. The summed E-state index contributed by atoms with van der Waals surface area (Å²) in [4.78, 5) is 0. The zero-order chi connectivity index (χ0) is 13.9. The number of rotatable bonds is 3. The Morgan fingerprint density at radius 1 is 1.26 bits per heavy atom. The van der Waals surface area contributed by atoms with Crippen molar-refractivity contribution in [1.29, 1.82) is 0 Å². The normalized spacial score (nSPS) is 24.4. The molecule has 1 N–H and O–H groups in total. The van der Waals surface area contributed by atoms with Crippen molar-refractivity contribution in [3.63, 3.8) is 0 Å². The van der Waals surface area contributed by atoms with Crippen LogP contribution in [0.4, 0.5) is 0 Å². The fraction of sp³-hybridized carbons (Fsp3) is 0.647. The van der Waals surface area contributed by atoms with E-state index in [0.717, 1.165) is 13.2 Å². The molecule has 0 aliphatic carbocycles. The van der Waals surface area contributed by atoms with Crippen LogP contribution in [0.15, 0.2) is 24.3 Å². The van der Waals surface area contributed by atoms with Crippen molar-refractivity contribution in [3.8, 4) is 0 Å². The number of benzene rings is 1. The van der Waals surface area contributed by atoms with Gasteiger partial charge in [0.15, 0.2) is 0 Å². The fourth-order valence-electron chi connectivity index (χ4n) is 2.74. The first-order valence-electron chi connectivity index (χ1n) is 7.39. The Morgan fingerprint density at radius 2 is 2.00 bits per heavy atom. The molecule has 0 radical (unpaired) electrons.